The molecule has 2 unspecified atom stereocenters. The summed E-state index contributed by atoms with van der Waals surface area (Å²) in [5.41, 5.74) is 0.579. The number of ether oxygens (including phenoxy) is 2. The number of nitrogens with one attached hydrogen (secondary N) is 1. The monoisotopic (exact) mass is 243 g/mol. The van der Waals surface area contributed by atoms with Crippen molar-refractivity contribution in [3.63, 3.8) is 0 Å². The summed E-state index contributed by atoms with van der Waals surface area (Å²) in [6.45, 7) is -0.159. The molecular weight excluding hydrogens is 228 g/mol. The lowest BCUT2D eigenvalue weighted by Gasteiger charge is -2.19. The second-order valence-corrected chi connectivity index (χ2v) is 3.99. The molecule has 17 heavy (non-hydrogen) atoms. The van der Waals surface area contributed by atoms with Gasteiger partial charge in [0.25, 0.3) is 0 Å². The van der Waals surface area contributed by atoms with Gasteiger partial charge < -0.3 is 14.8 Å². The average Bonchev–Trinajstić information content (AvgIpc) is 2.67. The Hall–Kier alpha value is -1.36. The normalized spacial score (nSPS) is 24.0. The van der Waals surface area contributed by atoms with Gasteiger partial charge in [-0.2, -0.15) is 8.78 Å². The van der Waals surface area contributed by atoms with Crippen LogP contribution in [0.1, 0.15) is 13.3 Å². The van der Waals surface area contributed by atoms with Crippen LogP contribution in [0.4, 0.5) is 14.5 Å². The van der Waals surface area contributed by atoms with E-state index in [1.54, 1.807) is 18.2 Å². The first kappa shape index (κ1) is 12.1. The molecule has 1 fully saturated rings. The lowest BCUT2D eigenvalue weighted by molar-refractivity contribution is -0.0493. The molecule has 1 saturated heterocycles. The molecule has 0 amide bonds. The molecule has 94 valence electrons. The highest BCUT2D eigenvalue weighted by Gasteiger charge is 2.24. The van der Waals surface area contributed by atoms with Crippen molar-refractivity contribution in [3.8, 4) is 5.75 Å². The van der Waals surface area contributed by atoms with Gasteiger partial charge in [-0.15, -0.1) is 0 Å². The fourth-order valence-electron chi connectivity index (χ4n) is 1.91. The largest absolute Gasteiger partial charge is 0.433 e. The molecule has 3 nitrogen and oxygen atoms in total. The van der Waals surface area contributed by atoms with Crippen molar-refractivity contribution in [2.45, 2.75) is 32.1 Å². The van der Waals surface area contributed by atoms with E-state index in [4.69, 9.17) is 4.74 Å². The fourth-order valence-corrected chi connectivity index (χ4v) is 1.91. The summed E-state index contributed by atoms with van der Waals surface area (Å²) in [7, 11) is 0. The van der Waals surface area contributed by atoms with Crippen molar-refractivity contribution in [1.29, 1.82) is 0 Å². The number of hydrogen-bond donors (Lipinski definition) is 1. The van der Waals surface area contributed by atoms with Crippen LogP contribution in [0, 0.1) is 0 Å². The zero-order chi connectivity index (χ0) is 12.3. The number of alkyl halides is 2. The minimum absolute atomic E-state index is 0.0783. The summed E-state index contributed by atoms with van der Waals surface area (Å²) in [5.74, 6) is 0.168. The van der Waals surface area contributed by atoms with Crippen molar-refractivity contribution in [3.05, 3.63) is 24.3 Å². The van der Waals surface area contributed by atoms with E-state index in [2.05, 4.69) is 10.1 Å². The van der Waals surface area contributed by atoms with Crippen molar-refractivity contribution in [1.82, 2.24) is 0 Å². The molecule has 0 radical (unpaired) electrons. The Balaban J connectivity index is 2.09. The first-order chi connectivity index (χ1) is 8.16. The lowest BCUT2D eigenvalue weighted by Crippen LogP contribution is -2.27. The maximum absolute atomic E-state index is 12.2. The Morgan fingerprint density at radius 2 is 2.18 bits per heavy atom. The van der Waals surface area contributed by atoms with E-state index in [0.717, 1.165) is 6.42 Å². The van der Waals surface area contributed by atoms with Gasteiger partial charge >= 0.3 is 6.61 Å². The Labute approximate surface area is 98.7 Å². The third-order valence-corrected chi connectivity index (χ3v) is 2.82. The third-order valence-electron chi connectivity index (χ3n) is 2.82. The van der Waals surface area contributed by atoms with E-state index in [0.29, 0.717) is 12.3 Å². The van der Waals surface area contributed by atoms with Crippen molar-refractivity contribution in [2.24, 2.45) is 0 Å². The minimum atomic E-state index is -2.81. The molecule has 1 N–H and O–H groups in total. The van der Waals surface area contributed by atoms with Crippen molar-refractivity contribution in [2.75, 3.05) is 11.9 Å². The Morgan fingerprint density at radius 1 is 1.41 bits per heavy atom. The zero-order valence-corrected chi connectivity index (χ0v) is 9.53. The second-order valence-electron chi connectivity index (χ2n) is 3.99. The predicted octanol–water partition coefficient (Wildman–Crippen LogP) is 2.88. The van der Waals surface area contributed by atoms with Gasteiger partial charge in [0.15, 0.2) is 0 Å². The molecule has 1 aliphatic rings. The van der Waals surface area contributed by atoms with Gasteiger partial charge in [0.1, 0.15) is 5.75 Å². The molecule has 1 aliphatic heterocycles. The summed E-state index contributed by atoms with van der Waals surface area (Å²) in [6, 6.07) is 6.83. The van der Waals surface area contributed by atoms with Crippen LogP contribution in [0.2, 0.25) is 0 Å². The summed E-state index contributed by atoms with van der Waals surface area (Å²) in [5, 5.41) is 3.18. The van der Waals surface area contributed by atoms with Crippen LogP contribution in [0.15, 0.2) is 24.3 Å². The molecule has 1 aromatic carbocycles. The average molecular weight is 243 g/mol. The quantitative estimate of drug-likeness (QED) is 0.882. The minimum Gasteiger partial charge on any atom is -0.433 e. The van der Waals surface area contributed by atoms with Crippen LogP contribution in [0.5, 0.6) is 5.75 Å². The zero-order valence-electron chi connectivity index (χ0n) is 9.53. The number of rotatable bonds is 4. The first-order valence-electron chi connectivity index (χ1n) is 5.59. The van der Waals surface area contributed by atoms with Crippen LogP contribution in [-0.4, -0.2) is 25.4 Å². The molecule has 1 aromatic rings. The van der Waals surface area contributed by atoms with E-state index in [9.17, 15) is 8.78 Å². The molecule has 0 bridgehead atoms. The van der Waals surface area contributed by atoms with Gasteiger partial charge in [-0.25, -0.2) is 0 Å². The highest BCUT2D eigenvalue weighted by Crippen LogP contribution is 2.28. The van der Waals surface area contributed by atoms with Crippen LogP contribution >= 0.6 is 0 Å². The maximum Gasteiger partial charge on any atom is 0.387 e. The van der Waals surface area contributed by atoms with Crippen LogP contribution in [-0.2, 0) is 4.74 Å². The standard InChI is InChI=1S/C12H15F2NO2/c1-8-9(6-7-16-8)15-10-4-2-3-5-11(10)17-12(13)14/h2-5,8-9,12,15H,6-7H2,1H3. The second kappa shape index (κ2) is 5.31. The summed E-state index contributed by atoms with van der Waals surface area (Å²) < 4.78 is 34.3. The molecule has 2 atom stereocenters. The van der Waals surface area contributed by atoms with Crippen LogP contribution in [0.25, 0.3) is 0 Å². The van der Waals surface area contributed by atoms with Gasteiger partial charge in [0.2, 0.25) is 0 Å². The van der Waals surface area contributed by atoms with Gasteiger partial charge in [-0.05, 0) is 25.5 Å². The highest BCUT2D eigenvalue weighted by molar-refractivity contribution is 5.57. The molecule has 2 rings (SSSR count). The van der Waals surface area contributed by atoms with E-state index < -0.39 is 6.61 Å². The third kappa shape index (κ3) is 3.06. The Bertz CT molecular complexity index is 373. The molecule has 0 saturated carbocycles. The molecule has 0 aliphatic carbocycles. The number of benzene rings is 1. The van der Waals surface area contributed by atoms with Gasteiger partial charge in [-0.3, -0.25) is 0 Å². The first-order valence-corrected chi connectivity index (χ1v) is 5.59. The molecule has 0 aromatic heterocycles. The molecule has 0 spiro atoms. The highest BCUT2D eigenvalue weighted by atomic mass is 19.3. The summed E-state index contributed by atoms with van der Waals surface area (Å²) >= 11 is 0. The van der Waals surface area contributed by atoms with Gasteiger partial charge in [0, 0.05) is 6.61 Å². The molecular formula is C12H15F2NO2. The Morgan fingerprint density at radius 3 is 2.82 bits per heavy atom. The van der Waals surface area contributed by atoms with E-state index in [-0.39, 0.29) is 17.9 Å². The SMILES string of the molecule is CC1OCCC1Nc1ccccc1OC(F)F. The van der Waals surface area contributed by atoms with E-state index in [1.807, 2.05) is 6.92 Å². The van der Waals surface area contributed by atoms with Crippen molar-refractivity contribution < 1.29 is 18.3 Å². The molecule has 5 heteroatoms. The van der Waals surface area contributed by atoms with Crippen LogP contribution in [0.3, 0.4) is 0 Å². The summed E-state index contributed by atoms with van der Waals surface area (Å²) in [6.07, 6.45) is 0.944. The van der Waals surface area contributed by atoms with Crippen LogP contribution < -0.4 is 10.1 Å². The number of anilines is 1. The Kier molecular flexibility index (Phi) is 3.78. The number of hydrogen-bond acceptors (Lipinski definition) is 3. The number of para-hydroxylation sites is 2. The van der Waals surface area contributed by atoms with E-state index >= 15 is 0 Å². The topological polar surface area (TPSA) is 30.5 Å². The van der Waals surface area contributed by atoms with Crippen molar-refractivity contribution >= 4 is 5.69 Å². The maximum atomic E-state index is 12.2. The molecule has 1 heterocycles. The number of halogens is 2. The smallest absolute Gasteiger partial charge is 0.387 e. The lowest BCUT2D eigenvalue weighted by atomic mass is 10.1. The van der Waals surface area contributed by atoms with Gasteiger partial charge in [0.05, 0.1) is 17.8 Å². The summed E-state index contributed by atoms with van der Waals surface area (Å²) in [4.78, 5) is 0. The van der Waals surface area contributed by atoms with Gasteiger partial charge in [-0.1, -0.05) is 12.1 Å². The predicted molar refractivity (Wildman–Crippen MR) is 60.5 cm³/mol. The fraction of sp³-hybridized carbons (Fsp3) is 0.500. The van der Waals surface area contributed by atoms with E-state index in [1.165, 1.54) is 6.07 Å².